The van der Waals surface area contributed by atoms with Gasteiger partial charge in [0.15, 0.2) is 0 Å². The maximum atomic E-state index is 11.2. The Hall–Kier alpha value is -0.830. The average molecular weight is 308 g/mol. The molecular weight excluding hydrogens is 290 g/mol. The van der Waals surface area contributed by atoms with E-state index < -0.39 is 0 Å². The molecule has 0 N–H and O–H groups in total. The van der Waals surface area contributed by atoms with Crippen molar-refractivity contribution in [1.82, 2.24) is 0 Å². The van der Waals surface area contributed by atoms with Crippen molar-refractivity contribution in [1.29, 1.82) is 0 Å². The first-order valence-corrected chi connectivity index (χ1v) is 7.40. The molecule has 2 aliphatic rings. The first-order chi connectivity index (χ1) is 8.58. The van der Waals surface area contributed by atoms with Gasteiger partial charge in [-0.05, 0) is 42.9 Å². The van der Waals surface area contributed by atoms with E-state index in [0.29, 0.717) is 11.2 Å². The van der Waals surface area contributed by atoms with Crippen molar-refractivity contribution < 1.29 is 4.79 Å². The van der Waals surface area contributed by atoms with E-state index >= 15 is 0 Å². The van der Waals surface area contributed by atoms with Gasteiger partial charge in [-0.15, -0.1) is 0 Å². The van der Waals surface area contributed by atoms with Crippen LogP contribution < -0.4 is 4.90 Å². The molecule has 1 heterocycles. The quantitative estimate of drug-likeness (QED) is 0.788. The molecule has 18 heavy (non-hydrogen) atoms. The number of rotatable bonds is 1. The third-order valence-corrected chi connectivity index (χ3v) is 5.34. The Bertz CT molecular complexity index is 479. The number of piperidine rings is 1. The fraction of sp³-hybridized carbons (Fsp3) is 0.533. The molecule has 1 aromatic rings. The number of aryl methyl sites for hydroxylation is 1. The molecule has 2 fully saturated rings. The van der Waals surface area contributed by atoms with E-state index in [4.69, 9.17) is 0 Å². The van der Waals surface area contributed by atoms with Crippen molar-refractivity contribution in [3.8, 4) is 0 Å². The van der Waals surface area contributed by atoms with E-state index in [0.717, 1.165) is 25.9 Å². The number of hydrogen-bond donors (Lipinski definition) is 0. The third-order valence-electron chi connectivity index (χ3n) is 4.49. The van der Waals surface area contributed by atoms with E-state index in [1.165, 1.54) is 28.6 Å². The Morgan fingerprint density at radius 3 is 2.44 bits per heavy atom. The molecule has 0 unspecified atom stereocenters. The predicted octanol–water partition coefficient (Wildman–Crippen LogP) is 3.71. The second-order valence-electron chi connectivity index (χ2n) is 5.81. The molecule has 1 saturated heterocycles. The van der Waals surface area contributed by atoms with Crippen LogP contribution in [0.3, 0.4) is 0 Å². The van der Waals surface area contributed by atoms with E-state index in [-0.39, 0.29) is 0 Å². The van der Waals surface area contributed by atoms with Gasteiger partial charge < -0.3 is 4.90 Å². The molecule has 3 heteroatoms. The number of Topliss-reactive ketones (excluding diaryl/α,β-unsaturated/α-hetero) is 1. The van der Waals surface area contributed by atoms with Crippen molar-refractivity contribution in [2.45, 2.75) is 32.6 Å². The lowest BCUT2D eigenvalue weighted by molar-refractivity contribution is -0.133. The number of ketones is 1. The standard InChI is InChI=1S/C15H18BrNO/c1-11-2-3-12(8-14(11)16)17-6-4-15(5-7-17)9-13(18)10-15/h2-3,8H,4-7,9-10H2,1H3. The summed E-state index contributed by atoms with van der Waals surface area (Å²) in [6.45, 7) is 4.28. The van der Waals surface area contributed by atoms with Gasteiger partial charge in [0.1, 0.15) is 5.78 Å². The molecule has 2 nitrogen and oxygen atoms in total. The Labute approximate surface area is 116 Å². The lowest BCUT2D eigenvalue weighted by Crippen LogP contribution is -2.47. The maximum absolute atomic E-state index is 11.2. The summed E-state index contributed by atoms with van der Waals surface area (Å²) in [5.41, 5.74) is 2.94. The number of hydrogen-bond acceptors (Lipinski definition) is 2. The minimum Gasteiger partial charge on any atom is -0.371 e. The predicted molar refractivity (Wildman–Crippen MR) is 77.0 cm³/mol. The fourth-order valence-corrected chi connectivity index (χ4v) is 3.52. The van der Waals surface area contributed by atoms with Crippen molar-refractivity contribution in [2.75, 3.05) is 18.0 Å². The van der Waals surface area contributed by atoms with Gasteiger partial charge in [0.2, 0.25) is 0 Å². The molecule has 0 bridgehead atoms. The molecule has 0 radical (unpaired) electrons. The number of anilines is 1. The van der Waals surface area contributed by atoms with Crippen molar-refractivity contribution in [2.24, 2.45) is 5.41 Å². The molecule has 1 saturated carbocycles. The van der Waals surface area contributed by atoms with Crippen LogP contribution in [0.25, 0.3) is 0 Å². The van der Waals surface area contributed by atoms with Crippen LogP contribution >= 0.6 is 15.9 Å². The summed E-state index contributed by atoms with van der Waals surface area (Å²) >= 11 is 3.60. The van der Waals surface area contributed by atoms with Crippen LogP contribution in [0.4, 0.5) is 5.69 Å². The highest BCUT2D eigenvalue weighted by Crippen LogP contribution is 2.47. The van der Waals surface area contributed by atoms with Gasteiger partial charge >= 0.3 is 0 Å². The second kappa shape index (κ2) is 4.37. The zero-order chi connectivity index (χ0) is 12.8. The summed E-state index contributed by atoms with van der Waals surface area (Å²) in [6.07, 6.45) is 4.01. The number of nitrogens with zero attached hydrogens (tertiary/aromatic N) is 1. The molecule has 1 aliphatic heterocycles. The minimum atomic E-state index is 0.371. The zero-order valence-electron chi connectivity index (χ0n) is 10.7. The first-order valence-electron chi connectivity index (χ1n) is 6.61. The summed E-state index contributed by atoms with van der Waals surface area (Å²) < 4.78 is 1.18. The second-order valence-corrected chi connectivity index (χ2v) is 6.67. The Morgan fingerprint density at radius 1 is 1.22 bits per heavy atom. The molecule has 1 aromatic carbocycles. The van der Waals surface area contributed by atoms with Gasteiger partial charge in [-0.25, -0.2) is 0 Å². The minimum absolute atomic E-state index is 0.371. The van der Waals surface area contributed by atoms with Gasteiger partial charge in [0.25, 0.3) is 0 Å². The SMILES string of the molecule is Cc1ccc(N2CCC3(CC2)CC(=O)C3)cc1Br. The first kappa shape index (κ1) is 12.2. The highest BCUT2D eigenvalue weighted by atomic mass is 79.9. The average Bonchev–Trinajstić information content (AvgIpc) is 2.32. The van der Waals surface area contributed by atoms with Crippen molar-refractivity contribution >= 4 is 27.4 Å². The molecule has 96 valence electrons. The summed E-state index contributed by atoms with van der Waals surface area (Å²) in [6, 6.07) is 6.57. The van der Waals surface area contributed by atoms with Crippen LogP contribution in [-0.2, 0) is 4.79 Å². The number of benzene rings is 1. The summed E-state index contributed by atoms with van der Waals surface area (Å²) in [5.74, 6) is 0.460. The van der Waals surface area contributed by atoms with Gasteiger partial charge in [-0.2, -0.15) is 0 Å². The van der Waals surface area contributed by atoms with Crippen molar-refractivity contribution in [3.05, 3.63) is 28.2 Å². The Kier molecular flexibility index (Phi) is 2.97. The molecule has 3 rings (SSSR count). The van der Waals surface area contributed by atoms with Gasteiger partial charge in [-0.1, -0.05) is 22.0 Å². The highest BCUT2D eigenvalue weighted by molar-refractivity contribution is 9.10. The lowest BCUT2D eigenvalue weighted by atomic mass is 9.62. The number of carbonyl (C=O) groups excluding carboxylic acids is 1. The highest BCUT2D eigenvalue weighted by Gasteiger charge is 2.45. The van der Waals surface area contributed by atoms with Crippen LogP contribution in [0.2, 0.25) is 0 Å². The monoisotopic (exact) mass is 307 g/mol. The van der Waals surface area contributed by atoms with Crippen LogP contribution in [0.15, 0.2) is 22.7 Å². The van der Waals surface area contributed by atoms with Crippen LogP contribution in [0.1, 0.15) is 31.2 Å². The topological polar surface area (TPSA) is 20.3 Å². The number of carbonyl (C=O) groups is 1. The van der Waals surface area contributed by atoms with E-state index in [9.17, 15) is 4.79 Å². The molecular formula is C15H18BrNO. The van der Waals surface area contributed by atoms with E-state index in [1.54, 1.807) is 0 Å². The van der Waals surface area contributed by atoms with Crippen LogP contribution in [0, 0.1) is 12.3 Å². The smallest absolute Gasteiger partial charge is 0.134 e. The van der Waals surface area contributed by atoms with E-state index in [2.05, 4.69) is 46.0 Å². The fourth-order valence-electron chi connectivity index (χ4n) is 3.16. The molecule has 1 aliphatic carbocycles. The largest absolute Gasteiger partial charge is 0.371 e. The maximum Gasteiger partial charge on any atom is 0.134 e. The summed E-state index contributed by atoms with van der Waals surface area (Å²) in [5, 5.41) is 0. The third kappa shape index (κ3) is 2.09. The zero-order valence-corrected chi connectivity index (χ0v) is 12.3. The van der Waals surface area contributed by atoms with Gasteiger partial charge in [0.05, 0.1) is 0 Å². The summed E-state index contributed by atoms with van der Waals surface area (Å²) in [7, 11) is 0. The van der Waals surface area contributed by atoms with E-state index in [1.807, 2.05) is 0 Å². The van der Waals surface area contributed by atoms with Gasteiger partial charge in [-0.3, -0.25) is 4.79 Å². The molecule has 1 spiro atoms. The van der Waals surface area contributed by atoms with Gasteiger partial charge in [0, 0.05) is 36.1 Å². The molecule has 0 amide bonds. The molecule has 0 aromatic heterocycles. The van der Waals surface area contributed by atoms with Crippen LogP contribution in [0.5, 0.6) is 0 Å². The Morgan fingerprint density at radius 2 is 1.89 bits per heavy atom. The number of halogens is 1. The van der Waals surface area contributed by atoms with Crippen molar-refractivity contribution in [3.63, 3.8) is 0 Å². The van der Waals surface area contributed by atoms with Crippen LogP contribution in [-0.4, -0.2) is 18.9 Å². The lowest BCUT2D eigenvalue weighted by Gasteiger charge is -2.47. The Balaban J connectivity index is 1.69. The molecule has 0 atom stereocenters. The normalized spacial score (nSPS) is 22.1. The summed E-state index contributed by atoms with van der Waals surface area (Å²) in [4.78, 5) is 13.6.